The molecule has 33 heavy (non-hydrogen) atoms. The van der Waals surface area contributed by atoms with Gasteiger partial charge in [-0.2, -0.15) is 0 Å². The van der Waals surface area contributed by atoms with Crippen molar-refractivity contribution in [3.05, 3.63) is 12.3 Å². The van der Waals surface area contributed by atoms with Crippen molar-refractivity contribution in [1.29, 1.82) is 0 Å². The SMILES string of the molecule is CC=COCCCCCCCCCCC(CCCCCCCC)C(OCC)(OCC)OCC. The molecule has 0 heterocycles. The summed E-state index contributed by atoms with van der Waals surface area (Å²) < 4.78 is 23.9. The van der Waals surface area contributed by atoms with E-state index in [4.69, 9.17) is 18.9 Å². The highest BCUT2D eigenvalue weighted by Crippen LogP contribution is 2.34. The normalized spacial score (nSPS) is 13.1. The van der Waals surface area contributed by atoms with Gasteiger partial charge in [-0.1, -0.05) is 96.5 Å². The van der Waals surface area contributed by atoms with Crippen molar-refractivity contribution in [2.24, 2.45) is 5.92 Å². The lowest BCUT2D eigenvalue weighted by Gasteiger charge is -2.39. The van der Waals surface area contributed by atoms with Crippen LogP contribution in [-0.2, 0) is 18.9 Å². The summed E-state index contributed by atoms with van der Waals surface area (Å²) in [5, 5.41) is 0. The molecular weight excluding hydrogens is 412 g/mol. The number of ether oxygens (including phenoxy) is 4. The fourth-order valence-electron chi connectivity index (χ4n) is 4.55. The predicted molar refractivity (Wildman–Crippen MR) is 141 cm³/mol. The van der Waals surface area contributed by atoms with E-state index in [2.05, 4.69) is 6.92 Å². The molecule has 0 aromatic heterocycles. The minimum Gasteiger partial charge on any atom is -0.502 e. The quantitative estimate of drug-likeness (QED) is 0.0717. The van der Waals surface area contributed by atoms with Crippen LogP contribution in [0.4, 0.5) is 0 Å². The van der Waals surface area contributed by atoms with Crippen molar-refractivity contribution in [2.45, 2.75) is 143 Å². The lowest BCUT2D eigenvalue weighted by molar-refractivity contribution is -0.403. The van der Waals surface area contributed by atoms with Gasteiger partial charge in [0.25, 0.3) is 5.97 Å². The largest absolute Gasteiger partial charge is 0.502 e. The Bertz CT molecular complexity index is 393. The Morgan fingerprint density at radius 2 is 1.00 bits per heavy atom. The van der Waals surface area contributed by atoms with Gasteiger partial charge in [0.15, 0.2) is 0 Å². The Labute approximate surface area is 207 Å². The lowest BCUT2D eigenvalue weighted by atomic mass is 9.91. The molecule has 0 bridgehead atoms. The summed E-state index contributed by atoms with van der Waals surface area (Å²) in [7, 11) is 0. The fraction of sp³-hybridized carbons (Fsp3) is 0.931. The van der Waals surface area contributed by atoms with E-state index in [0.29, 0.717) is 25.7 Å². The van der Waals surface area contributed by atoms with Crippen LogP contribution in [0.1, 0.15) is 137 Å². The van der Waals surface area contributed by atoms with Crippen molar-refractivity contribution < 1.29 is 18.9 Å². The molecule has 1 atom stereocenters. The van der Waals surface area contributed by atoms with E-state index in [0.717, 1.165) is 19.4 Å². The maximum atomic E-state index is 6.17. The number of hydrogen-bond acceptors (Lipinski definition) is 4. The molecular formula is C29H58O4. The molecule has 4 heteroatoms. The van der Waals surface area contributed by atoms with Crippen LogP contribution >= 0.6 is 0 Å². The molecule has 0 saturated heterocycles. The van der Waals surface area contributed by atoms with E-state index in [9.17, 15) is 0 Å². The van der Waals surface area contributed by atoms with Crippen molar-refractivity contribution >= 4 is 0 Å². The number of rotatable bonds is 26. The first kappa shape index (κ1) is 32.4. The molecule has 0 saturated carbocycles. The second kappa shape index (κ2) is 24.5. The summed E-state index contributed by atoms with van der Waals surface area (Å²) in [5.74, 6) is -0.558. The Hall–Kier alpha value is -0.580. The minimum atomic E-state index is -0.864. The Morgan fingerprint density at radius 3 is 1.42 bits per heavy atom. The zero-order valence-corrected chi connectivity index (χ0v) is 23.0. The van der Waals surface area contributed by atoms with Crippen LogP contribution in [0.2, 0.25) is 0 Å². The van der Waals surface area contributed by atoms with Crippen molar-refractivity contribution in [3.63, 3.8) is 0 Å². The molecule has 0 N–H and O–H groups in total. The van der Waals surface area contributed by atoms with E-state index in [-0.39, 0.29) is 0 Å². The molecule has 0 aliphatic carbocycles. The standard InChI is InChI=1S/C29H58O4/c1-6-11-12-13-18-21-24-28(29(31-8-3,32-9-4)33-10-5)25-22-19-16-14-15-17-20-23-27-30-26-7-2/h7,26,28H,6,8-25,27H2,1-5H3. The van der Waals surface area contributed by atoms with Crippen LogP contribution in [-0.4, -0.2) is 32.4 Å². The van der Waals surface area contributed by atoms with Gasteiger partial charge in [-0.25, -0.2) is 0 Å². The number of allylic oxidation sites excluding steroid dienone is 1. The number of unbranched alkanes of at least 4 members (excludes halogenated alkanes) is 12. The van der Waals surface area contributed by atoms with E-state index < -0.39 is 5.97 Å². The number of hydrogen-bond donors (Lipinski definition) is 0. The smallest absolute Gasteiger partial charge is 0.285 e. The highest BCUT2D eigenvalue weighted by molar-refractivity contribution is 4.73. The van der Waals surface area contributed by atoms with Gasteiger partial charge < -0.3 is 18.9 Å². The Balaban J connectivity index is 4.41. The first-order chi connectivity index (χ1) is 16.2. The van der Waals surface area contributed by atoms with Crippen molar-refractivity contribution in [1.82, 2.24) is 0 Å². The summed E-state index contributed by atoms with van der Waals surface area (Å²) in [6, 6.07) is 0. The topological polar surface area (TPSA) is 36.9 Å². The van der Waals surface area contributed by atoms with Gasteiger partial charge in [0, 0.05) is 25.7 Å². The second-order valence-electron chi connectivity index (χ2n) is 9.11. The highest BCUT2D eigenvalue weighted by atomic mass is 16.9. The van der Waals surface area contributed by atoms with Gasteiger partial charge in [-0.05, 0) is 47.0 Å². The zero-order valence-electron chi connectivity index (χ0n) is 23.0. The predicted octanol–water partition coefficient (Wildman–Crippen LogP) is 9.18. The van der Waals surface area contributed by atoms with Gasteiger partial charge in [-0.15, -0.1) is 0 Å². The first-order valence-electron chi connectivity index (χ1n) is 14.3. The molecule has 0 aliphatic rings. The molecule has 4 nitrogen and oxygen atoms in total. The third kappa shape index (κ3) is 17.5. The molecule has 0 spiro atoms. The van der Waals surface area contributed by atoms with Crippen molar-refractivity contribution in [3.8, 4) is 0 Å². The first-order valence-corrected chi connectivity index (χ1v) is 14.3. The van der Waals surface area contributed by atoms with Gasteiger partial charge in [-0.3, -0.25) is 0 Å². The average molecular weight is 471 g/mol. The Kier molecular flexibility index (Phi) is 24.1. The summed E-state index contributed by atoms with van der Waals surface area (Å²) in [5.41, 5.74) is 0. The fourth-order valence-corrected chi connectivity index (χ4v) is 4.55. The lowest BCUT2D eigenvalue weighted by Crippen LogP contribution is -2.46. The monoisotopic (exact) mass is 470 g/mol. The molecule has 0 rings (SSSR count). The second-order valence-corrected chi connectivity index (χ2v) is 9.11. The van der Waals surface area contributed by atoms with E-state index in [1.807, 2.05) is 33.8 Å². The van der Waals surface area contributed by atoms with Gasteiger partial charge in [0.2, 0.25) is 0 Å². The summed E-state index contributed by atoms with van der Waals surface area (Å²) in [6.45, 7) is 13.1. The van der Waals surface area contributed by atoms with E-state index in [1.165, 1.54) is 89.9 Å². The minimum absolute atomic E-state index is 0.306. The van der Waals surface area contributed by atoms with Crippen LogP contribution in [0.5, 0.6) is 0 Å². The maximum absolute atomic E-state index is 6.17. The van der Waals surface area contributed by atoms with Crippen LogP contribution in [0.15, 0.2) is 12.3 Å². The summed E-state index contributed by atoms with van der Waals surface area (Å²) >= 11 is 0. The summed E-state index contributed by atoms with van der Waals surface area (Å²) in [4.78, 5) is 0. The molecule has 0 aliphatic heterocycles. The molecule has 0 aromatic rings. The van der Waals surface area contributed by atoms with Crippen LogP contribution in [0.3, 0.4) is 0 Å². The zero-order chi connectivity index (χ0) is 24.5. The third-order valence-electron chi connectivity index (χ3n) is 6.24. The van der Waals surface area contributed by atoms with Gasteiger partial charge in [0.1, 0.15) is 0 Å². The molecule has 0 aromatic carbocycles. The van der Waals surface area contributed by atoms with E-state index in [1.54, 1.807) is 6.26 Å². The third-order valence-corrected chi connectivity index (χ3v) is 6.24. The van der Waals surface area contributed by atoms with Crippen molar-refractivity contribution in [2.75, 3.05) is 26.4 Å². The highest BCUT2D eigenvalue weighted by Gasteiger charge is 2.41. The Morgan fingerprint density at radius 1 is 0.576 bits per heavy atom. The average Bonchev–Trinajstić information content (AvgIpc) is 2.81. The van der Waals surface area contributed by atoms with Crippen LogP contribution in [0.25, 0.3) is 0 Å². The molecule has 1 unspecified atom stereocenters. The van der Waals surface area contributed by atoms with E-state index >= 15 is 0 Å². The van der Waals surface area contributed by atoms with Gasteiger partial charge in [0.05, 0.1) is 12.9 Å². The molecule has 198 valence electrons. The molecule has 0 fully saturated rings. The maximum Gasteiger partial charge on any atom is 0.285 e. The molecule has 0 amide bonds. The summed E-state index contributed by atoms with van der Waals surface area (Å²) in [6.07, 6.45) is 24.2. The molecule has 0 radical (unpaired) electrons. The van der Waals surface area contributed by atoms with Crippen LogP contribution in [0, 0.1) is 5.92 Å². The van der Waals surface area contributed by atoms with Crippen LogP contribution < -0.4 is 0 Å². The van der Waals surface area contributed by atoms with Gasteiger partial charge >= 0.3 is 0 Å².